The zero-order valence-corrected chi connectivity index (χ0v) is 19.2. The molecule has 4 aromatic rings. The first kappa shape index (κ1) is 21.4. The first-order valence-electron chi connectivity index (χ1n) is 10.3. The Hall–Kier alpha value is -3.42. The lowest BCUT2D eigenvalue weighted by molar-refractivity contribution is 0.415. The molecule has 0 radical (unpaired) electrons. The lowest BCUT2D eigenvalue weighted by Crippen LogP contribution is -2.30. The van der Waals surface area contributed by atoms with Crippen molar-refractivity contribution in [1.29, 1.82) is 0 Å². The summed E-state index contributed by atoms with van der Waals surface area (Å²) in [7, 11) is 1.57. The maximum absolute atomic E-state index is 14.8. The average molecular weight is 479 g/mol. The van der Waals surface area contributed by atoms with Gasteiger partial charge in [-0.1, -0.05) is 29.8 Å². The van der Waals surface area contributed by atoms with Crippen LogP contribution in [0.2, 0.25) is 5.02 Å². The van der Waals surface area contributed by atoms with E-state index in [4.69, 9.17) is 28.6 Å². The number of pyridine rings is 1. The number of hydrogen-bond acceptors (Lipinski definition) is 3. The molecule has 1 aliphatic heterocycles. The molecule has 1 fully saturated rings. The Morgan fingerprint density at radius 3 is 2.61 bits per heavy atom. The molecule has 0 saturated carbocycles. The summed E-state index contributed by atoms with van der Waals surface area (Å²) in [5.41, 5.74) is 2.94. The van der Waals surface area contributed by atoms with E-state index in [2.05, 4.69) is 10.3 Å². The van der Waals surface area contributed by atoms with Crippen molar-refractivity contribution in [2.24, 2.45) is 0 Å². The van der Waals surface area contributed by atoms with Crippen molar-refractivity contribution in [2.45, 2.75) is 12.1 Å². The van der Waals surface area contributed by atoms with Gasteiger partial charge >= 0.3 is 0 Å². The highest BCUT2D eigenvalue weighted by molar-refractivity contribution is 7.80. The van der Waals surface area contributed by atoms with Gasteiger partial charge in [-0.2, -0.15) is 0 Å². The predicted molar refractivity (Wildman–Crippen MR) is 132 cm³/mol. The fraction of sp³-hybridized carbons (Fsp3) is 0.120. The van der Waals surface area contributed by atoms with Crippen LogP contribution in [0.3, 0.4) is 0 Å². The number of anilines is 1. The highest BCUT2D eigenvalue weighted by Gasteiger charge is 2.42. The summed E-state index contributed by atoms with van der Waals surface area (Å²) in [6.07, 6.45) is 3.60. The molecule has 0 unspecified atom stereocenters. The Morgan fingerprint density at radius 2 is 1.88 bits per heavy atom. The summed E-state index contributed by atoms with van der Waals surface area (Å²) in [4.78, 5) is 6.56. The molecule has 8 heteroatoms. The second-order valence-electron chi connectivity index (χ2n) is 7.57. The van der Waals surface area contributed by atoms with Crippen molar-refractivity contribution in [1.82, 2.24) is 14.9 Å². The zero-order chi connectivity index (χ0) is 22.9. The first-order chi connectivity index (χ1) is 16.1. The van der Waals surface area contributed by atoms with Crippen molar-refractivity contribution in [3.8, 4) is 11.4 Å². The number of methoxy groups -OCH3 is 1. The highest BCUT2D eigenvalue weighted by atomic mass is 35.5. The van der Waals surface area contributed by atoms with Crippen molar-refractivity contribution >= 4 is 34.6 Å². The van der Waals surface area contributed by atoms with Gasteiger partial charge < -0.3 is 19.5 Å². The van der Waals surface area contributed by atoms with Crippen LogP contribution in [-0.2, 0) is 0 Å². The van der Waals surface area contributed by atoms with Gasteiger partial charge in [0.25, 0.3) is 0 Å². The largest absolute Gasteiger partial charge is 0.495 e. The van der Waals surface area contributed by atoms with Gasteiger partial charge in [-0.15, -0.1) is 0 Å². The minimum atomic E-state index is -0.313. The standard InChI is InChI=1S/C25H20ClFN4OS/c1-32-22-12-11-16(15-17(22)26)31-24(23(29-25(31)33)19-8-4-5-13-28-19)21-10-6-14-30(21)20-9-3-2-7-18(20)27/h2-15,23-24H,1H3,(H,29,33)/t23-,24-/m0/s1. The quantitative estimate of drug-likeness (QED) is 0.364. The van der Waals surface area contributed by atoms with E-state index in [1.807, 2.05) is 64.2 Å². The van der Waals surface area contributed by atoms with Gasteiger partial charge in [0.2, 0.25) is 0 Å². The van der Waals surface area contributed by atoms with E-state index in [0.717, 1.165) is 17.1 Å². The molecule has 166 valence electrons. The van der Waals surface area contributed by atoms with Gasteiger partial charge in [-0.05, 0) is 66.8 Å². The van der Waals surface area contributed by atoms with Crippen LogP contribution in [-0.4, -0.2) is 21.8 Å². The normalized spacial score (nSPS) is 17.8. The van der Waals surface area contributed by atoms with E-state index in [9.17, 15) is 4.39 Å². The maximum atomic E-state index is 14.8. The van der Waals surface area contributed by atoms with Gasteiger partial charge in [-0.25, -0.2) is 4.39 Å². The second-order valence-corrected chi connectivity index (χ2v) is 8.36. The number of nitrogens with zero attached hydrogens (tertiary/aromatic N) is 3. The van der Waals surface area contributed by atoms with Crippen LogP contribution in [0.15, 0.2) is 85.2 Å². The van der Waals surface area contributed by atoms with Crippen LogP contribution in [0.4, 0.5) is 10.1 Å². The van der Waals surface area contributed by atoms with Crippen molar-refractivity contribution in [3.05, 3.63) is 107 Å². The van der Waals surface area contributed by atoms with Crippen LogP contribution < -0.4 is 15.0 Å². The van der Waals surface area contributed by atoms with E-state index in [-0.39, 0.29) is 17.9 Å². The highest BCUT2D eigenvalue weighted by Crippen LogP contribution is 2.43. The minimum Gasteiger partial charge on any atom is -0.495 e. The molecule has 1 N–H and O–H groups in total. The summed E-state index contributed by atoms with van der Waals surface area (Å²) < 4.78 is 21.9. The van der Waals surface area contributed by atoms with E-state index in [0.29, 0.717) is 21.6 Å². The number of para-hydroxylation sites is 1. The number of ether oxygens (including phenoxy) is 1. The summed E-state index contributed by atoms with van der Waals surface area (Å²) in [5.74, 6) is 0.267. The fourth-order valence-corrected chi connectivity index (χ4v) is 4.84. The van der Waals surface area contributed by atoms with Crippen LogP contribution in [0.1, 0.15) is 23.5 Å². The number of benzene rings is 2. The number of aromatic nitrogens is 2. The number of halogens is 2. The van der Waals surface area contributed by atoms with Crippen LogP contribution in [0.25, 0.3) is 5.69 Å². The molecule has 3 heterocycles. The van der Waals surface area contributed by atoms with E-state index in [1.54, 1.807) is 31.5 Å². The van der Waals surface area contributed by atoms with E-state index < -0.39 is 0 Å². The number of hydrogen-bond donors (Lipinski definition) is 1. The molecule has 0 bridgehead atoms. The second kappa shape index (κ2) is 8.84. The van der Waals surface area contributed by atoms with Crippen molar-refractivity contribution in [3.63, 3.8) is 0 Å². The fourth-order valence-electron chi connectivity index (χ4n) is 4.24. The molecule has 2 atom stereocenters. The number of thiocarbonyl (C=S) groups is 1. The molecular formula is C25H20ClFN4OS. The Balaban J connectivity index is 1.68. The average Bonchev–Trinajstić information content (AvgIpc) is 3.44. The lowest BCUT2D eigenvalue weighted by Gasteiger charge is -2.29. The third kappa shape index (κ3) is 3.83. The Labute approximate surface area is 201 Å². The maximum Gasteiger partial charge on any atom is 0.174 e. The zero-order valence-electron chi connectivity index (χ0n) is 17.7. The van der Waals surface area contributed by atoms with E-state index >= 15 is 0 Å². The summed E-state index contributed by atoms with van der Waals surface area (Å²) in [6, 6.07) is 21.3. The minimum absolute atomic E-state index is 0.264. The Kier molecular flexibility index (Phi) is 5.74. The van der Waals surface area contributed by atoms with Crippen LogP contribution in [0, 0.1) is 5.82 Å². The molecule has 1 aliphatic rings. The Bertz CT molecular complexity index is 1310. The molecule has 2 aromatic carbocycles. The first-order valence-corrected chi connectivity index (χ1v) is 11.1. The molecule has 33 heavy (non-hydrogen) atoms. The van der Waals surface area contributed by atoms with Gasteiger partial charge in [0.1, 0.15) is 17.6 Å². The SMILES string of the molecule is COc1ccc(N2C(=S)N[C@@H](c3ccccn3)[C@@H]2c2cccn2-c2ccccc2F)cc1Cl. The van der Waals surface area contributed by atoms with Crippen molar-refractivity contribution < 1.29 is 9.13 Å². The topological polar surface area (TPSA) is 42.3 Å². The summed E-state index contributed by atoms with van der Waals surface area (Å²) in [5, 5.41) is 4.41. The van der Waals surface area contributed by atoms with Gasteiger partial charge in [0.15, 0.2) is 5.11 Å². The number of rotatable bonds is 5. The van der Waals surface area contributed by atoms with E-state index in [1.165, 1.54) is 6.07 Å². The molecule has 5 rings (SSSR count). The third-order valence-electron chi connectivity index (χ3n) is 5.71. The summed E-state index contributed by atoms with van der Waals surface area (Å²) >= 11 is 12.2. The smallest absolute Gasteiger partial charge is 0.174 e. The molecule has 5 nitrogen and oxygen atoms in total. The van der Waals surface area contributed by atoms with Gasteiger partial charge in [0, 0.05) is 23.8 Å². The molecule has 0 aliphatic carbocycles. The lowest BCUT2D eigenvalue weighted by atomic mass is 10.0. The van der Waals surface area contributed by atoms with Gasteiger partial charge in [-0.3, -0.25) is 4.98 Å². The molecule has 2 aromatic heterocycles. The third-order valence-corrected chi connectivity index (χ3v) is 6.32. The Morgan fingerprint density at radius 1 is 1.06 bits per heavy atom. The number of nitrogens with one attached hydrogen (secondary N) is 1. The summed E-state index contributed by atoms with van der Waals surface area (Å²) in [6.45, 7) is 0. The van der Waals surface area contributed by atoms with Crippen molar-refractivity contribution in [2.75, 3.05) is 12.0 Å². The van der Waals surface area contributed by atoms with Crippen LogP contribution >= 0.6 is 23.8 Å². The molecule has 1 saturated heterocycles. The molecule has 0 amide bonds. The predicted octanol–water partition coefficient (Wildman–Crippen LogP) is 5.85. The monoisotopic (exact) mass is 478 g/mol. The van der Waals surface area contributed by atoms with Gasteiger partial charge in [0.05, 0.1) is 29.6 Å². The molecule has 0 spiro atoms. The molecular weight excluding hydrogens is 459 g/mol. The van der Waals surface area contributed by atoms with Crippen LogP contribution in [0.5, 0.6) is 5.75 Å².